The Morgan fingerprint density at radius 1 is 1.60 bits per heavy atom. The normalized spacial score (nSPS) is 21.7. The average Bonchev–Trinajstić information content (AvgIpc) is 2.22. The van der Waals surface area contributed by atoms with Crippen LogP contribution in [0.3, 0.4) is 0 Å². The Hall–Kier alpha value is -0.740. The molecule has 1 aliphatic rings. The van der Waals surface area contributed by atoms with Crippen LogP contribution < -0.4 is 10.5 Å². The fraction of sp³-hybridized carbons (Fsp3) is 0.556. The van der Waals surface area contributed by atoms with Crippen molar-refractivity contribution in [1.82, 2.24) is 9.97 Å². The quantitative estimate of drug-likeness (QED) is 0.768. The Balaban J connectivity index is 2.28. The predicted molar refractivity (Wildman–Crippen MR) is 61.0 cm³/mol. The third kappa shape index (κ3) is 2.26. The Bertz CT molecular complexity index is 407. The van der Waals surface area contributed by atoms with Crippen LogP contribution in [0.25, 0.3) is 0 Å². The fourth-order valence-electron chi connectivity index (χ4n) is 1.71. The summed E-state index contributed by atoms with van der Waals surface area (Å²) in [6, 6.07) is 0. The number of halogens is 2. The molecule has 4 nitrogen and oxygen atoms in total. The van der Waals surface area contributed by atoms with Gasteiger partial charge in [0.05, 0.1) is 11.7 Å². The standard InChI is InChI=1S/C9H11Cl2N3O/c10-6-2-1-3-14(4-6)8-7(11)9(15)13-5-12-8/h5-6H,1-4H2,(H,12,13,15). The van der Waals surface area contributed by atoms with Gasteiger partial charge in [0.25, 0.3) is 5.56 Å². The van der Waals surface area contributed by atoms with E-state index in [0.29, 0.717) is 12.4 Å². The zero-order valence-corrected chi connectivity index (χ0v) is 9.55. The fourth-order valence-corrected chi connectivity index (χ4v) is 2.26. The van der Waals surface area contributed by atoms with E-state index in [1.165, 1.54) is 6.33 Å². The van der Waals surface area contributed by atoms with E-state index in [1.54, 1.807) is 0 Å². The van der Waals surface area contributed by atoms with Gasteiger partial charge in [0.15, 0.2) is 5.82 Å². The maximum atomic E-state index is 11.3. The summed E-state index contributed by atoms with van der Waals surface area (Å²) < 4.78 is 0. The van der Waals surface area contributed by atoms with Crippen molar-refractivity contribution in [2.45, 2.75) is 18.2 Å². The van der Waals surface area contributed by atoms with Gasteiger partial charge in [-0.25, -0.2) is 4.98 Å². The lowest BCUT2D eigenvalue weighted by Gasteiger charge is -2.30. The number of hydrogen-bond donors (Lipinski definition) is 1. The second-order valence-electron chi connectivity index (χ2n) is 3.55. The highest BCUT2D eigenvalue weighted by atomic mass is 35.5. The number of nitrogens with one attached hydrogen (secondary N) is 1. The Kier molecular flexibility index (Phi) is 3.17. The van der Waals surface area contributed by atoms with Crippen molar-refractivity contribution in [1.29, 1.82) is 0 Å². The van der Waals surface area contributed by atoms with Gasteiger partial charge in [-0.1, -0.05) is 11.6 Å². The van der Waals surface area contributed by atoms with Gasteiger partial charge >= 0.3 is 0 Å². The molecule has 2 heterocycles. The Morgan fingerprint density at radius 3 is 3.13 bits per heavy atom. The molecule has 15 heavy (non-hydrogen) atoms. The number of nitrogens with zero attached hydrogens (tertiary/aromatic N) is 2. The summed E-state index contributed by atoms with van der Waals surface area (Å²) in [5.41, 5.74) is -0.307. The summed E-state index contributed by atoms with van der Waals surface area (Å²) in [6.07, 6.45) is 3.36. The number of aromatic nitrogens is 2. The zero-order valence-electron chi connectivity index (χ0n) is 8.04. The van der Waals surface area contributed by atoms with Gasteiger partial charge in [0.1, 0.15) is 5.02 Å². The first-order valence-electron chi connectivity index (χ1n) is 4.80. The summed E-state index contributed by atoms with van der Waals surface area (Å²) in [6.45, 7) is 1.54. The van der Waals surface area contributed by atoms with Crippen molar-refractivity contribution in [3.8, 4) is 0 Å². The molecule has 82 valence electrons. The molecule has 0 aromatic carbocycles. The maximum Gasteiger partial charge on any atom is 0.271 e. The van der Waals surface area contributed by atoms with Crippen LogP contribution in [0, 0.1) is 0 Å². The first kappa shape index (κ1) is 10.8. The number of alkyl halides is 1. The van der Waals surface area contributed by atoms with Crippen LogP contribution in [0.4, 0.5) is 5.82 Å². The molecule has 1 N–H and O–H groups in total. The lowest BCUT2D eigenvalue weighted by molar-refractivity contribution is 0.579. The van der Waals surface area contributed by atoms with E-state index in [4.69, 9.17) is 23.2 Å². The molecule has 0 amide bonds. The van der Waals surface area contributed by atoms with Crippen molar-refractivity contribution < 1.29 is 0 Å². The third-order valence-electron chi connectivity index (χ3n) is 2.44. The molecule has 0 aliphatic carbocycles. The number of piperidine rings is 1. The molecule has 0 radical (unpaired) electrons. The summed E-state index contributed by atoms with van der Waals surface area (Å²) >= 11 is 11.9. The molecule has 0 saturated carbocycles. The molecule has 1 aliphatic heterocycles. The minimum atomic E-state index is -0.307. The minimum absolute atomic E-state index is 0.107. The molecule has 6 heteroatoms. The summed E-state index contributed by atoms with van der Waals surface area (Å²) in [4.78, 5) is 19.7. The highest BCUT2D eigenvalue weighted by molar-refractivity contribution is 6.32. The summed E-state index contributed by atoms with van der Waals surface area (Å²) in [5.74, 6) is 0.533. The highest BCUT2D eigenvalue weighted by Gasteiger charge is 2.21. The van der Waals surface area contributed by atoms with E-state index in [0.717, 1.165) is 19.4 Å². The lowest BCUT2D eigenvalue weighted by atomic mass is 10.1. The van der Waals surface area contributed by atoms with Gasteiger partial charge in [0.2, 0.25) is 0 Å². The van der Waals surface area contributed by atoms with E-state index < -0.39 is 0 Å². The smallest absolute Gasteiger partial charge is 0.271 e. The van der Waals surface area contributed by atoms with Crippen molar-refractivity contribution in [2.75, 3.05) is 18.0 Å². The molecule has 1 aromatic rings. The molecular weight excluding hydrogens is 237 g/mol. The first-order valence-corrected chi connectivity index (χ1v) is 5.62. The van der Waals surface area contributed by atoms with E-state index in [-0.39, 0.29) is 16.0 Å². The monoisotopic (exact) mass is 247 g/mol. The number of aromatic amines is 1. The molecule has 0 spiro atoms. The van der Waals surface area contributed by atoms with Gasteiger partial charge in [-0.2, -0.15) is 0 Å². The molecule has 2 rings (SSSR count). The molecule has 1 aromatic heterocycles. The average molecular weight is 248 g/mol. The summed E-state index contributed by atoms with van der Waals surface area (Å²) in [7, 11) is 0. The van der Waals surface area contributed by atoms with Gasteiger partial charge in [0, 0.05) is 13.1 Å². The number of rotatable bonds is 1. The summed E-state index contributed by atoms with van der Waals surface area (Å²) in [5, 5.41) is 0.249. The molecule has 1 atom stereocenters. The zero-order chi connectivity index (χ0) is 10.8. The molecular formula is C9H11Cl2N3O. The molecule has 1 saturated heterocycles. The van der Waals surface area contributed by atoms with Crippen molar-refractivity contribution in [2.24, 2.45) is 0 Å². The minimum Gasteiger partial charge on any atom is -0.354 e. The van der Waals surface area contributed by atoms with Gasteiger partial charge in [-0.3, -0.25) is 4.79 Å². The van der Waals surface area contributed by atoms with Crippen LogP contribution >= 0.6 is 23.2 Å². The van der Waals surface area contributed by atoms with Crippen molar-refractivity contribution in [3.05, 3.63) is 21.7 Å². The van der Waals surface area contributed by atoms with E-state index >= 15 is 0 Å². The van der Waals surface area contributed by atoms with Crippen LogP contribution in [0.5, 0.6) is 0 Å². The lowest BCUT2D eigenvalue weighted by Crippen LogP contribution is -2.37. The van der Waals surface area contributed by atoms with Crippen LogP contribution in [0.15, 0.2) is 11.1 Å². The second-order valence-corrected chi connectivity index (χ2v) is 4.55. The Labute approximate surface area is 97.2 Å². The maximum absolute atomic E-state index is 11.3. The van der Waals surface area contributed by atoms with E-state index in [9.17, 15) is 4.79 Å². The largest absolute Gasteiger partial charge is 0.354 e. The van der Waals surface area contributed by atoms with Crippen LogP contribution in [0.1, 0.15) is 12.8 Å². The van der Waals surface area contributed by atoms with E-state index in [1.807, 2.05) is 4.90 Å². The Morgan fingerprint density at radius 2 is 2.40 bits per heavy atom. The predicted octanol–water partition coefficient (Wildman–Crippen LogP) is 1.63. The molecule has 1 unspecified atom stereocenters. The first-order chi connectivity index (χ1) is 7.18. The van der Waals surface area contributed by atoms with E-state index in [2.05, 4.69) is 9.97 Å². The SMILES string of the molecule is O=c1[nH]cnc(N2CCCC(Cl)C2)c1Cl. The topological polar surface area (TPSA) is 49.0 Å². The number of H-pyrrole nitrogens is 1. The highest BCUT2D eigenvalue weighted by Crippen LogP contribution is 2.24. The van der Waals surface area contributed by atoms with Gasteiger partial charge in [-0.15, -0.1) is 11.6 Å². The van der Waals surface area contributed by atoms with Crippen LogP contribution in [-0.4, -0.2) is 28.4 Å². The van der Waals surface area contributed by atoms with Gasteiger partial charge in [-0.05, 0) is 12.8 Å². The number of anilines is 1. The molecule has 1 fully saturated rings. The third-order valence-corrected chi connectivity index (χ3v) is 3.14. The van der Waals surface area contributed by atoms with Gasteiger partial charge < -0.3 is 9.88 Å². The number of hydrogen-bond acceptors (Lipinski definition) is 3. The van der Waals surface area contributed by atoms with Crippen molar-refractivity contribution >= 4 is 29.0 Å². The second kappa shape index (κ2) is 4.41. The molecule has 0 bridgehead atoms. The van der Waals surface area contributed by atoms with Crippen LogP contribution in [-0.2, 0) is 0 Å². The van der Waals surface area contributed by atoms with Crippen LogP contribution in [0.2, 0.25) is 5.02 Å². The van der Waals surface area contributed by atoms with Crippen molar-refractivity contribution in [3.63, 3.8) is 0 Å².